The van der Waals surface area contributed by atoms with E-state index in [2.05, 4.69) is 39.6 Å². The van der Waals surface area contributed by atoms with Gasteiger partial charge in [-0.15, -0.1) is 6.58 Å². The molecule has 5 rings (SSSR count). The summed E-state index contributed by atoms with van der Waals surface area (Å²) in [7, 11) is 2.57. The van der Waals surface area contributed by atoms with E-state index in [-0.39, 0.29) is 29.4 Å². The minimum atomic E-state index is -0.554. The lowest BCUT2D eigenvalue weighted by atomic mass is 9.52. The third-order valence-electron chi connectivity index (χ3n) is 9.73. The number of rotatable bonds is 2. The van der Waals surface area contributed by atoms with Gasteiger partial charge in [0.2, 0.25) is 0 Å². The fraction of sp³-hybridized carbons (Fsp3) is 0.826. The average molecular weight is 469 g/mol. The van der Waals surface area contributed by atoms with Gasteiger partial charge in [0.1, 0.15) is 12.1 Å². The van der Waals surface area contributed by atoms with E-state index in [4.69, 9.17) is 0 Å². The van der Waals surface area contributed by atoms with Gasteiger partial charge in [0.15, 0.2) is 0 Å². The molecule has 0 unspecified atom stereocenters. The van der Waals surface area contributed by atoms with Crippen molar-refractivity contribution in [2.45, 2.75) is 76.5 Å². The monoisotopic (exact) mass is 469 g/mol. The van der Waals surface area contributed by atoms with Crippen molar-refractivity contribution in [2.75, 3.05) is 13.6 Å². The fourth-order valence-corrected chi connectivity index (χ4v) is 9.07. The molecule has 3 aliphatic carbocycles. The maximum Gasteiger partial charge on any atom is 0.117 e. The number of likely N-dealkylation sites (N-methyl/N-ethyl adjacent to an activating group) is 1. The van der Waals surface area contributed by atoms with Crippen LogP contribution in [0.5, 0.6) is 0 Å². The highest BCUT2D eigenvalue weighted by Crippen LogP contribution is 2.69. The van der Waals surface area contributed by atoms with Crippen LogP contribution in [-0.2, 0) is 0 Å². The van der Waals surface area contributed by atoms with Crippen LogP contribution < -0.4 is 24.0 Å². The van der Waals surface area contributed by atoms with Crippen LogP contribution in [0.2, 0.25) is 0 Å². The Labute approximate surface area is 176 Å². The molecule has 0 amide bonds. The summed E-state index contributed by atoms with van der Waals surface area (Å²) in [5.74, 6) is 2.83. The largest absolute Gasteiger partial charge is 1.00 e. The summed E-state index contributed by atoms with van der Waals surface area (Å²) in [6.07, 6.45) is 13.4. The van der Waals surface area contributed by atoms with Gasteiger partial charge in [-0.2, -0.15) is 0 Å². The molecular weight excluding hydrogens is 433 g/mol. The Morgan fingerprint density at radius 2 is 2.08 bits per heavy atom. The molecule has 3 heteroatoms. The lowest BCUT2D eigenvalue weighted by Crippen LogP contribution is -3.00. The molecule has 0 aromatic heterocycles. The number of hydrogen-bond donors (Lipinski definition) is 1. The maximum atomic E-state index is 12.1. The van der Waals surface area contributed by atoms with Gasteiger partial charge in [-0.1, -0.05) is 19.1 Å². The molecule has 2 heterocycles. The SMILES string of the molecule is C=CC[C@]12CC[C@@H]3[C@H](C)C[N@+](C)([C@H]4C5=CCC[C@@H]5CC[C@H]4[C@@]1(C)O)[C@@H]32.[I-]. The van der Waals surface area contributed by atoms with Crippen molar-refractivity contribution >= 4 is 0 Å². The smallest absolute Gasteiger partial charge is 0.117 e. The number of nitrogens with zero attached hydrogens (tertiary/aromatic N) is 1. The molecule has 2 saturated carbocycles. The Morgan fingerprint density at radius 1 is 1.31 bits per heavy atom. The quantitative estimate of drug-likeness (QED) is 0.368. The molecule has 0 bridgehead atoms. The minimum absolute atomic E-state index is 0. The van der Waals surface area contributed by atoms with Crippen molar-refractivity contribution in [2.24, 2.45) is 29.1 Å². The number of piperidine rings is 1. The molecule has 0 spiro atoms. The van der Waals surface area contributed by atoms with Crippen LogP contribution in [0.3, 0.4) is 0 Å². The van der Waals surface area contributed by atoms with Crippen molar-refractivity contribution < 1.29 is 33.6 Å². The average Bonchev–Trinajstić information content (AvgIpc) is 3.23. The second kappa shape index (κ2) is 6.06. The van der Waals surface area contributed by atoms with Crippen molar-refractivity contribution in [1.29, 1.82) is 0 Å². The van der Waals surface area contributed by atoms with Crippen molar-refractivity contribution in [3.63, 3.8) is 0 Å². The molecule has 0 radical (unpaired) electrons. The predicted molar refractivity (Wildman–Crippen MR) is 102 cm³/mol. The predicted octanol–water partition coefficient (Wildman–Crippen LogP) is 1.31. The van der Waals surface area contributed by atoms with Crippen LogP contribution in [0, 0.1) is 29.1 Å². The lowest BCUT2D eigenvalue weighted by Gasteiger charge is -2.65. The second-order valence-corrected chi connectivity index (χ2v) is 10.6. The van der Waals surface area contributed by atoms with Gasteiger partial charge in [-0.25, -0.2) is 0 Å². The van der Waals surface area contributed by atoms with E-state index >= 15 is 0 Å². The highest BCUT2D eigenvalue weighted by molar-refractivity contribution is 5.29. The van der Waals surface area contributed by atoms with Crippen molar-refractivity contribution in [3.8, 4) is 0 Å². The summed E-state index contributed by atoms with van der Waals surface area (Å²) in [5.41, 5.74) is 1.24. The number of fused-ring (bicyclic) bond motifs is 4. The summed E-state index contributed by atoms with van der Waals surface area (Å²) in [5, 5.41) is 12.1. The zero-order valence-corrected chi connectivity index (χ0v) is 18.9. The van der Waals surface area contributed by atoms with Gasteiger partial charge >= 0.3 is 0 Å². The van der Waals surface area contributed by atoms with Crippen molar-refractivity contribution in [1.82, 2.24) is 0 Å². The van der Waals surface area contributed by atoms with Crippen LogP contribution in [0.1, 0.15) is 58.8 Å². The lowest BCUT2D eigenvalue weighted by molar-refractivity contribution is -0.962. The van der Waals surface area contributed by atoms with Gasteiger partial charge in [-0.3, -0.25) is 0 Å². The third-order valence-corrected chi connectivity index (χ3v) is 9.73. The highest BCUT2D eigenvalue weighted by Gasteiger charge is 2.77. The van der Waals surface area contributed by atoms with Crippen LogP contribution in [0.15, 0.2) is 24.3 Å². The first-order valence-corrected chi connectivity index (χ1v) is 10.7. The molecule has 9 atom stereocenters. The first kappa shape index (κ1) is 19.4. The highest BCUT2D eigenvalue weighted by atomic mass is 127. The van der Waals surface area contributed by atoms with Gasteiger partial charge in [-0.05, 0) is 63.4 Å². The first-order chi connectivity index (χ1) is 11.9. The zero-order valence-electron chi connectivity index (χ0n) is 16.8. The Balaban J connectivity index is 0.00000168. The van der Waals surface area contributed by atoms with Gasteiger partial charge in [0.25, 0.3) is 0 Å². The molecule has 0 aromatic carbocycles. The summed E-state index contributed by atoms with van der Waals surface area (Å²) in [6, 6.07) is 1.20. The van der Waals surface area contributed by atoms with E-state index in [0.717, 1.165) is 24.2 Å². The zero-order chi connectivity index (χ0) is 17.6. The van der Waals surface area contributed by atoms with Crippen LogP contribution in [0.4, 0.5) is 0 Å². The molecule has 2 aliphatic heterocycles. The molecular formula is C23H36INO. The molecule has 4 fully saturated rings. The number of quaternary nitrogens is 1. The van der Waals surface area contributed by atoms with E-state index in [1.54, 1.807) is 5.57 Å². The van der Waals surface area contributed by atoms with Crippen molar-refractivity contribution in [3.05, 3.63) is 24.3 Å². The second-order valence-electron chi connectivity index (χ2n) is 10.6. The van der Waals surface area contributed by atoms with Crippen LogP contribution in [-0.4, -0.2) is 40.9 Å². The Hall–Kier alpha value is 0.130. The third kappa shape index (κ3) is 2.06. The summed E-state index contributed by atoms with van der Waals surface area (Å²) in [4.78, 5) is 0. The van der Waals surface area contributed by atoms with E-state index in [9.17, 15) is 5.11 Å². The molecule has 0 aromatic rings. The Bertz CT molecular complexity index is 642. The Morgan fingerprint density at radius 3 is 2.81 bits per heavy atom. The van der Waals surface area contributed by atoms with E-state index in [1.807, 2.05) is 0 Å². The molecule has 2 nitrogen and oxygen atoms in total. The van der Waals surface area contributed by atoms with Gasteiger partial charge in [0, 0.05) is 17.8 Å². The molecule has 146 valence electrons. The summed E-state index contributed by atoms with van der Waals surface area (Å²) in [6.45, 7) is 10.1. The summed E-state index contributed by atoms with van der Waals surface area (Å²) >= 11 is 0. The number of allylic oxidation sites excluding steroid dienone is 2. The molecule has 26 heavy (non-hydrogen) atoms. The van der Waals surface area contributed by atoms with E-state index < -0.39 is 5.60 Å². The number of aliphatic hydroxyl groups is 1. The van der Waals surface area contributed by atoms with E-state index in [1.165, 1.54) is 49.6 Å². The normalized spacial score (nSPS) is 56.8. The molecule has 1 N–H and O–H groups in total. The maximum absolute atomic E-state index is 12.1. The van der Waals surface area contributed by atoms with Crippen LogP contribution >= 0.6 is 0 Å². The van der Waals surface area contributed by atoms with Gasteiger partial charge in [0.05, 0.1) is 24.6 Å². The molecule has 5 aliphatic rings. The Kier molecular flexibility index (Phi) is 4.53. The summed E-state index contributed by atoms with van der Waals surface area (Å²) < 4.78 is 1.23. The number of hydrogen-bond acceptors (Lipinski definition) is 1. The minimum Gasteiger partial charge on any atom is -1.00 e. The van der Waals surface area contributed by atoms with E-state index in [0.29, 0.717) is 18.0 Å². The first-order valence-electron chi connectivity index (χ1n) is 10.7. The number of halogens is 1. The standard InChI is InChI=1S/C23H36NO.HI/c1-5-12-23-13-11-17-15(2)14-24(4,21(17)23)20-18-8-6-7-16(18)9-10-19(20)22(23,3)25;/h5,8,15-17,19-21,25H,1,6-7,9-14H2,2-4H3;1H/q+1;/p-1/t15-,16-,17-,19-,20+,21+,22-,23-,24-;/m1./s1. The fourth-order valence-electron chi connectivity index (χ4n) is 9.07. The van der Waals surface area contributed by atoms with Crippen LogP contribution in [0.25, 0.3) is 0 Å². The van der Waals surface area contributed by atoms with Gasteiger partial charge < -0.3 is 33.6 Å². The molecule has 2 saturated heterocycles. The topological polar surface area (TPSA) is 20.2 Å².